The molecule has 3 heteroatoms. The first-order chi connectivity index (χ1) is 30.6. The maximum Gasteiger partial charge on any atom is 0.143 e. The van der Waals surface area contributed by atoms with Crippen LogP contribution in [0.4, 0.5) is 17.1 Å². The van der Waals surface area contributed by atoms with E-state index in [2.05, 4.69) is 0 Å². The number of nitrogens with zero attached hydrogens (tertiary/aromatic N) is 1. The molecule has 0 bridgehead atoms. The number of hydrogen-bond donors (Lipinski definition) is 0. The molecule has 0 fully saturated rings. The number of benzene rings is 8. The van der Waals surface area contributed by atoms with Crippen LogP contribution in [0.5, 0.6) is 0 Å². The van der Waals surface area contributed by atoms with Crippen LogP contribution in [0.25, 0.3) is 75.1 Å². The van der Waals surface area contributed by atoms with Crippen molar-refractivity contribution in [2.24, 2.45) is 0 Å². The molecule has 8 aromatic carbocycles. The monoisotopic (exact) mass is 658 g/mol. The third-order valence-electron chi connectivity index (χ3n) is 8.47. The Balaban J connectivity index is 1.33. The second-order valence-electron chi connectivity index (χ2n) is 11.3. The SMILES string of the molecule is [2H]c1c([2H])c(-c2ccccc2)c([2H])c(N(c2c([2H])c([2H])c(-c3c([2H])c([2H])c4sc5c([2H])c([2H])c([2H])c([2H])c5c4c3[2H])c([2H])c2[2H])c2cccc3oc4c5ccccc5ccc4c23)c1[2H]. The number of anilines is 3. The highest BCUT2D eigenvalue weighted by Gasteiger charge is 2.21. The average Bonchev–Trinajstić information content (AvgIpc) is 3.90. The molecule has 0 N–H and O–H groups in total. The van der Waals surface area contributed by atoms with Crippen molar-refractivity contribution in [1.29, 1.82) is 0 Å². The van der Waals surface area contributed by atoms with Gasteiger partial charge in [-0.05, 0) is 88.1 Å². The summed E-state index contributed by atoms with van der Waals surface area (Å²) in [6, 6.07) is 16.2. The number of hydrogen-bond acceptors (Lipinski definition) is 3. The maximum absolute atomic E-state index is 9.70. The van der Waals surface area contributed by atoms with Crippen molar-refractivity contribution in [2.75, 3.05) is 4.90 Å². The summed E-state index contributed by atoms with van der Waals surface area (Å²) in [5.41, 5.74) is -0.388. The molecule has 10 rings (SSSR count). The second kappa shape index (κ2) is 11.2. The van der Waals surface area contributed by atoms with Crippen molar-refractivity contribution >= 4 is 81.3 Å². The number of furan rings is 1. The number of rotatable bonds is 5. The van der Waals surface area contributed by atoms with Crippen LogP contribution in [0.1, 0.15) is 20.6 Å². The molecule has 0 aliphatic carbocycles. The van der Waals surface area contributed by atoms with Gasteiger partial charge in [-0.15, -0.1) is 11.3 Å². The Bertz CT molecular complexity index is 3670. The Labute approximate surface area is 308 Å². The molecule has 0 saturated carbocycles. The Hall–Kier alpha value is -6.16. The lowest BCUT2D eigenvalue weighted by atomic mass is 10.0. The van der Waals surface area contributed by atoms with Crippen LogP contribution >= 0.6 is 11.3 Å². The Morgan fingerprint density at radius 2 is 1.29 bits per heavy atom. The van der Waals surface area contributed by atoms with E-state index in [4.69, 9.17) is 15.4 Å². The molecule has 0 aliphatic heterocycles. The molecule has 0 atom stereocenters. The van der Waals surface area contributed by atoms with Gasteiger partial charge < -0.3 is 9.32 Å². The van der Waals surface area contributed by atoms with Gasteiger partial charge in [0.1, 0.15) is 11.2 Å². The quantitative estimate of drug-likeness (QED) is 0.183. The first-order valence-electron chi connectivity index (χ1n) is 22.9. The van der Waals surface area contributed by atoms with Crippen LogP contribution in [0.2, 0.25) is 0 Å². The van der Waals surface area contributed by atoms with Gasteiger partial charge in [-0.2, -0.15) is 0 Å². The fourth-order valence-corrected chi connectivity index (χ4v) is 7.16. The van der Waals surface area contributed by atoms with Crippen molar-refractivity contribution in [1.82, 2.24) is 0 Å². The second-order valence-corrected chi connectivity index (χ2v) is 12.3. The van der Waals surface area contributed by atoms with Gasteiger partial charge in [0.25, 0.3) is 0 Å². The van der Waals surface area contributed by atoms with Crippen LogP contribution in [-0.4, -0.2) is 0 Å². The molecular weight excluding hydrogens is 615 g/mol. The summed E-state index contributed by atoms with van der Waals surface area (Å²) in [5, 5.41) is 2.50. The minimum atomic E-state index is -0.747. The lowest BCUT2D eigenvalue weighted by molar-refractivity contribution is 0.672. The molecule has 0 radical (unpaired) electrons. The van der Waals surface area contributed by atoms with Crippen molar-refractivity contribution in [2.45, 2.75) is 0 Å². The largest absolute Gasteiger partial charge is 0.455 e. The average molecular weight is 659 g/mol. The van der Waals surface area contributed by atoms with Gasteiger partial charge in [0.05, 0.1) is 31.6 Å². The van der Waals surface area contributed by atoms with E-state index in [1.54, 1.807) is 48.5 Å². The first kappa shape index (κ1) is 16.8. The van der Waals surface area contributed by atoms with Gasteiger partial charge in [-0.25, -0.2) is 0 Å². The summed E-state index contributed by atoms with van der Waals surface area (Å²) in [6.07, 6.45) is 0. The maximum atomic E-state index is 9.70. The Morgan fingerprint density at radius 1 is 0.490 bits per heavy atom. The van der Waals surface area contributed by atoms with Gasteiger partial charge in [-0.3, -0.25) is 0 Å². The van der Waals surface area contributed by atoms with E-state index in [9.17, 15) is 9.60 Å². The van der Waals surface area contributed by atoms with Gasteiger partial charge in [0, 0.05) is 42.3 Å². The Morgan fingerprint density at radius 3 is 2.20 bits per heavy atom. The molecule has 2 heterocycles. The molecule has 49 heavy (non-hydrogen) atoms. The molecule has 2 nitrogen and oxygen atoms in total. The highest BCUT2D eigenvalue weighted by atomic mass is 32.1. The summed E-state index contributed by atoms with van der Waals surface area (Å²) in [7, 11) is 0. The number of fused-ring (bicyclic) bond motifs is 8. The zero-order valence-electron chi connectivity index (χ0n) is 40.3. The predicted octanol–water partition coefficient (Wildman–Crippen LogP) is 13.9. The van der Waals surface area contributed by atoms with Crippen LogP contribution in [0, 0.1) is 0 Å². The molecule has 2 aromatic heterocycles. The third kappa shape index (κ3) is 4.62. The van der Waals surface area contributed by atoms with Crippen molar-refractivity contribution in [3.05, 3.63) is 176 Å². The smallest absolute Gasteiger partial charge is 0.143 e. The van der Waals surface area contributed by atoms with Crippen LogP contribution in [0.3, 0.4) is 0 Å². The zero-order valence-corrected chi connectivity index (χ0v) is 26.2. The van der Waals surface area contributed by atoms with E-state index >= 15 is 0 Å². The van der Waals surface area contributed by atoms with Gasteiger partial charge >= 0.3 is 0 Å². The van der Waals surface area contributed by atoms with Gasteiger partial charge in [0.15, 0.2) is 0 Å². The van der Waals surface area contributed by atoms with E-state index in [1.807, 2.05) is 36.4 Å². The summed E-state index contributed by atoms with van der Waals surface area (Å²) in [5.74, 6) is 0. The molecule has 0 amide bonds. The van der Waals surface area contributed by atoms with E-state index in [0.29, 0.717) is 27.5 Å². The molecule has 230 valence electrons. The van der Waals surface area contributed by atoms with Gasteiger partial charge in [0.2, 0.25) is 0 Å². The van der Waals surface area contributed by atoms with E-state index < -0.39 is 107 Å². The third-order valence-corrected chi connectivity index (χ3v) is 9.50. The normalized spacial score (nSPS) is 16.0. The lowest BCUT2D eigenvalue weighted by Crippen LogP contribution is -2.10. The molecule has 0 spiro atoms. The summed E-state index contributed by atoms with van der Waals surface area (Å²) < 4.78 is 143. The summed E-state index contributed by atoms with van der Waals surface area (Å²) in [4.78, 5) is 1.22. The minimum Gasteiger partial charge on any atom is -0.455 e. The van der Waals surface area contributed by atoms with Gasteiger partial charge in [-0.1, -0.05) is 115 Å². The molecular formula is C46H29NOS. The first-order valence-corrected chi connectivity index (χ1v) is 16.2. The highest BCUT2D eigenvalue weighted by molar-refractivity contribution is 7.25. The number of thiophene rings is 1. The fraction of sp³-hybridized carbons (Fsp3) is 0. The summed E-state index contributed by atoms with van der Waals surface area (Å²) in [6.45, 7) is 0. The van der Waals surface area contributed by atoms with Crippen molar-refractivity contribution in [3.63, 3.8) is 0 Å². The predicted molar refractivity (Wildman–Crippen MR) is 210 cm³/mol. The van der Waals surface area contributed by atoms with E-state index in [1.165, 1.54) is 4.90 Å². The molecule has 0 aliphatic rings. The molecule has 0 saturated heterocycles. The Kier molecular flexibility index (Phi) is 3.85. The molecule has 10 aromatic rings. The lowest BCUT2D eigenvalue weighted by Gasteiger charge is -2.27. The van der Waals surface area contributed by atoms with Crippen LogP contribution < -0.4 is 4.90 Å². The topological polar surface area (TPSA) is 16.4 Å². The highest BCUT2D eigenvalue weighted by Crippen LogP contribution is 2.45. The van der Waals surface area contributed by atoms with E-state index in [-0.39, 0.29) is 37.1 Å². The van der Waals surface area contributed by atoms with Crippen molar-refractivity contribution in [3.8, 4) is 22.3 Å². The van der Waals surface area contributed by atoms with Crippen LogP contribution in [-0.2, 0) is 0 Å². The fourth-order valence-electron chi connectivity index (χ4n) is 6.24. The standard InChI is InChI=1S/C46H29NOS/c1-2-10-30(11-3-1)33-13-8-14-36(28-33)47(41-17-9-18-42-45(41)39-26-22-32-12-4-5-15-37(32)46(39)48-42)35-24-20-31(21-25-35)34-23-27-44-40(29-34)38-16-6-7-19-43(38)49-44/h1-29H/i6D,7D,8D,13D,14D,16D,19D,20D,21D,23D,24D,25D,27D,28D,29D. The minimum absolute atomic E-state index is 0.0152. The van der Waals surface area contributed by atoms with Crippen molar-refractivity contribution < 1.29 is 25.0 Å². The van der Waals surface area contributed by atoms with E-state index in [0.717, 1.165) is 22.1 Å². The molecule has 0 unspecified atom stereocenters. The zero-order chi connectivity index (χ0) is 45.4. The van der Waals surface area contributed by atoms with Crippen LogP contribution in [0.15, 0.2) is 180 Å². The summed E-state index contributed by atoms with van der Waals surface area (Å²) >= 11 is 0.823.